The van der Waals surface area contributed by atoms with Gasteiger partial charge in [0.2, 0.25) is 0 Å². The van der Waals surface area contributed by atoms with Crippen molar-refractivity contribution in [2.45, 2.75) is 32.6 Å². The van der Waals surface area contributed by atoms with Crippen LogP contribution in [0, 0.1) is 0 Å². The molecule has 7 heteroatoms. The number of carbonyl (C=O) groups is 2. The summed E-state index contributed by atoms with van der Waals surface area (Å²) < 4.78 is 4.96. The summed E-state index contributed by atoms with van der Waals surface area (Å²) in [4.78, 5) is 35.1. The van der Waals surface area contributed by atoms with E-state index in [2.05, 4.69) is 22.4 Å². The van der Waals surface area contributed by atoms with Crippen LogP contribution in [-0.4, -0.2) is 35.2 Å². The van der Waals surface area contributed by atoms with Crippen molar-refractivity contribution < 1.29 is 14.3 Å². The summed E-state index contributed by atoms with van der Waals surface area (Å²) in [5, 5.41) is 10.0. The van der Waals surface area contributed by atoms with Crippen LogP contribution < -0.4 is 10.9 Å². The molecule has 0 atom stereocenters. The number of amides is 1. The van der Waals surface area contributed by atoms with Crippen LogP contribution in [0.2, 0.25) is 0 Å². The second-order valence-corrected chi connectivity index (χ2v) is 5.44. The van der Waals surface area contributed by atoms with Crippen LogP contribution in [0.15, 0.2) is 29.1 Å². The number of aromatic nitrogens is 2. The molecule has 0 fully saturated rings. The Morgan fingerprint density at radius 2 is 1.96 bits per heavy atom. The van der Waals surface area contributed by atoms with Crippen molar-refractivity contribution in [3.8, 4) is 0 Å². The fourth-order valence-electron chi connectivity index (χ4n) is 2.29. The number of hydrogen-bond acceptors (Lipinski definition) is 5. The first kappa shape index (κ1) is 17.7. The van der Waals surface area contributed by atoms with Gasteiger partial charge in [0.25, 0.3) is 11.5 Å². The van der Waals surface area contributed by atoms with Crippen LogP contribution in [0.4, 0.5) is 0 Å². The highest BCUT2D eigenvalue weighted by molar-refractivity contribution is 5.87. The van der Waals surface area contributed by atoms with E-state index >= 15 is 0 Å². The fourth-order valence-corrected chi connectivity index (χ4v) is 2.29. The highest BCUT2D eigenvalue weighted by atomic mass is 16.5. The Bertz CT molecular complexity index is 770. The van der Waals surface area contributed by atoms with Gasteiger partial charge in [0, 0.05) is 11.9 Å². The Kier molecular flexibility index (Phi) is 6.48. The molecule has 24 heavy (non-hydrogen) atoms. The van der Waals surface area contributed by atoms with Crippen molar-refractivity contribution in [1.29, 1.82) is 0 Å². The molecule has 1 aromatic carbocycles. The lowest BCUT2D eigenvalue weighted by Crippen LogP contribution is -2.30. The number of unbranched alkanes of at least 4 members (excludes halogenated alkanes) is 2. The topological polar surface area (TPSA) is 101 Å². The van der Waals surface area contributed by atoms with Gasteiger partial charge in [0.05, 0.1) is 17.5 Å². The van der Waals surface area contributed by atoms with Gasteiger partial charge >= 0.3 is 5.97 Å². The third-order valence-corrected chi connectivity index (χ3v) is 3.55. The zero-order valence-corrected chi connectivity index (χ0v) is 13.6. The summed E-state index contributed by atoms with van der Waals surface area (Å²) in [6.45, 7) is 2.35. The molecule has 0 aliphatic rings. The SMILES string of the molecule is CCCCCNC(=O)COC(=O)Cc1n[nH]c(=O)c2ccccc12. The Morgan fingerprint density at radius 1 is 1.21 bits per heavy atom. The molecule has 1 amide bonds. The van der Waals surface area contributed by atoms with E-state index in [1.807, 2.05) is 0 Å². The lowest BCUT2D eigenvalue weighted by Gasteiger charge is -2.07. The number of aromatic amines is 1. The molecule has 0 saturated heterocycles. The predicted octanol–water partition coefficient (Wildman–Crippen LogP) is 1.32. The Morgan fingerprint density at radius 3 is 2.71 bits per heavy atom. The van der Waals surface area contributed by atoms with Crippen LogP contribution in [0.5, 0.6) is 0 Å². The molecule has 0 saturated carbocycles. The molecule has 0 unspecified atom stereocenters. The van der Waals surface area contributed by atoms with Gasteiger partial charge in [0.15, 0.2) is 6.61 Å². The number of carbonyl (C=O) groups excluding carboxylic acids is 2. The molecule has 0 radical (unpaired) electrons. The van der Waals surface area contributed by atoms with Crippen molar-refractivity contribution in [2.24, 2.45) is 0 Å². The molecule has 1 heterocycles. The van der Waals surface area contributed by atoms with Gasteiger partial charge in [-0.2, -0.15) is 5.10 Å². The number of nitrogens with zero attached hydrogens (tertiary/aromatic N) is 1. The summed E-state index contributed by atoms with van der Waals surface area (Å²) >= 11 is 0. The first-order valence-corrected chi connectivity index (χ1v) is 8.00. The second kappa shape index (κ2) is 8.81. The number of ether oxygens (including phenoxy) is 1. The minimum Gasteiger partial charge on any atom is -0.455 e. The van der Waals surface area contributed by atoms with Crippen molar-refractivity contribution in [2.75, 3.05) is 13.2 Å². The van der Waals surface area contributed by atoms with E-state index in [1.165, 1.54) is 0 Å². The molecule has 2 rings (SSSR count). The predicted molar refractivity (Wildman–Crippen MR) is 89.6 cm³/mol. The van der Waals surface area contributed by atoms with Crippen molar-refractivity contribution in [1.82, 2.24) is 15.5 Å². The number of fused-ring (bicyclic) bond motifs is 1. The third-order valence-electron chi connectivity index (χ3n) is 3.55. The van der Waals surface area contributed by atoms with Crippen LogP contribution in [0.25, 0.3) is 10.8 Å². The van der Waals surface area contributed by atoms with Gasteiger partial charge < -0.3 is 10.1 Å². The molecule has 0 aliphatic heterocycles. The molecule has 2 aromatic rings. The summed E-state index contributed by atoms with van der Waals surface area (Å²) in [5.41, 5.74) is 0.104. The molecule has 0 bridgehead atoms. The quantitative estimate of drug-likeness (QED) is 0.561. The van der Waals surface area contributed by atoms with E-state index in [9.17, 15) is 14.4 Å². The van der Waals surface area contributed by atoms with Crippen LogP contribution in [0.3, 0.4) is 0 Å². The Labute approximate surface area is 139 Å². The maximum absolute atomic E-state index is 11.9. The molecular weight excluding hydrogens is 310 g/mol. The van der Waals surface area contributed by atoms with Crippen molar-refractivity contribution >= 4 is 22.6 Å². The number of hydrogen-bond donors (Lipinski definition) is 2. The second-order valence-electron chi connectivity index (χ2n) is 5.44. The number of H-pyrrole nitrogens is 1. The zero-order valence-electron chi connectivity index (χ0n) is 13.6. The van der Waals surface area contributed by atoms with Crippen molar-refractivity contribution in [3.63, 3.8) is 0 Å². The van der Waals surface area contributed by atoms with Gasteiger partial charge in [0.1, 0.15) is 0 Å². The highest BCUT2D eigenvalue weighted by Gasteiger charge is 2.13. The summed E-state index contributed by atoms with van der Waals surface area (Å²) in [6.07, 6.45) is 2.92. The average molecular weight is 331 g/mol. The minimum absolute atomic E-state index is 0.111. The number of nitrogens with one attached hydrogen (secondary N) is 2. The van der Waals surface area contributed by atoms with Gasteiger partial charge in [-0.1, -0.05) is 38.0 Å². The normalized spacial score (nSPS) is 10.5. The molecule has 1 aromatic heterocycles. The summed E-state index contributed by atoms with van der Waals surface area (Å²) in [7, 11) is 0. The smallest absolute Gasteiger partial charge is 0.312 e. The highest BCUT2D eigenvalue weighted by Crippen LogP contribution is 2.13. The monoisotopic (exact) mass is 331 g/mol. The molecule has 0 spiro atoms. The van der Waals surface area contributed by atoms with Crippen LogP contribution >= 0.6 is 0 Å². The Balaban J connectivity index is 1.88. The summed E-state index contributed by atoms with van der Waals surface area (Å²) in [6, 6.07) is 6.89. The molecular formula is C17H21N3O4. The van der Waals surface area contributed by atoms with Gasteiger partial charge in [-0.25, -0.2) is 5.10 Å². The number of rotatable bonds is 8. The first-order valence-electron chi connectivity index (χ1n) is 8.00. The van der Waals surface area contributed by atoms with E-state index in [0.29, 0.717) is 23.0 Å². The largest absolute Gasteiger partial charge is 0.455 e. The molecule has 7 nitrogen and oxygen atoms in total. The lowest BCUT2D eigenvalue weighted by molar-refractivity contribution is -0.147. The number of esters is 1. The summed E-state index contributed by atoms with van der Waals surface area (Å²) in [5.74, 6) is -0.887. The Hall–Kier alpha value is -2.70. The van der Waals surface area contributed by atoms with E-state index in [-0.39, 0.29) is 24.5 Å². The van der Waals surface area contributed by atoms with Crippen molar-refractivity contribution in [3.05, 3.63) is 40.3 Å². The first-order chi connectivity index (χ1) is 11.6. The number of benzene rings is 1. The zero-order chi connectivity index (χ0) is 17.4. The molecule has 128 valence electrons. The maximum Gasteiger partial charge on any atom is 0.312 e. The van der Waals surface area contributed by atoms with Gasteiger partial charge in [-0.15, -0.1) is 0 Å². The molecule has 2 N–H and O–H groups in total. The van der Waals surface area contributed by atoms with Crippen LogP contribution in [0.1, 0.15) is 31.9 Å². The lowest BCUT2D eigenvalue weighted by atomic mass is 10.1. The average Bonchev–Trinajstić information content (AvgIpc) is 2.60. The maximum atomic E-state index is 11.9. The van der Waals surface area contributed by atoms with E-state index in [4.69, 9.17) is 4.74 Å². The third kappa shape index (κ3) is 4.91. The van der Waals surface area contributed by atoms with E-state index in [0.717, 1.165) is 19.3 Å². The van der Waals surface area contributed by atoms with Gasteiger partial charge in [-0.3, -0.25) is 14.4 Å². The fraction of sp³-hybridized carbons (Fsp3) is 0.412. The van der Waals surface area contributed by atoms with E-state index < -0.39 is 5.97 Å². The molecule has 0 aliphatic carbocycles. The van der Waals surface area contributed by atoms with Gasteiger partial charge in [-0.05, 0) is 12.5 Å². The van der Waals surface area contributed by atoms with Crippen LogP contribution in [-0.2, 0) is 20.7 Å². The standard InChI is InChI=1S/C17H21N3O4/c1-2-3-6-9-18-15(21)11-24-16(22)10-14-12-7-4-5-8-13(12)17(23)20-19-14/h4-5,7-8H,2-3,6,9-11H2,1H3,(H,18,21)(H,20,23). The minimum atomic E-state index is -0.566. The van der Waals surface area contributed by atoms with E-state index in [1.54, 1.807) is 24.3 Å².